The fourth-order valence-corrected chi connectivity index (χ4v) is 3.77. The Morgan fingerprint density at radius 2 is 1.79 bits per heavy atom. The summed E-state index contributed by atoms with van der Waals surface area (Å²) < 4.78 is 6.91. The van der Waals surface area contributed by atoms with Gasteiger partial charge in [-0.3, -0.25) is 14.2 Å². The third-order valence-electron chi connectivity index (χ3n) is 4.62. The summed E-state index contributed by atoms with van der Waals surface area (Å²) in [6.07, 6.45) is 0.115. The molecule has 0 fully saturated rings. The molecular weight excluding hydrogens is 399 g/mol. The number of methoxy groups -OCH3 is 1. The van der Waals surface area contributed by atoms with Crippen molar-refractivity contribution < 1.29 is 14.3 Å². The number of rotatable bonds is 5. The van der Waals surface area contributed by atoms with Crippen LogP contribution < -0.4 is 10.1 Å². The van der Waals surface area contributed by atoms with Crippen LogP contribution in [0.2, 0.25) is 10.0 Å². The van der Waals surface area contributed by atoms with E-state index in [1.807, 2.05) is 13.8 Å². The van der Waals surface area contributed by atoms with Gasteiger partial charge in [-0.15, -0.1) is 0 Å². The van der Waals surface area contributed by atoms with E-state index in [1.54, 1.807) is 41.0 Å². The lowest BCUT2D eigenvalue weighted by molar-refractivity contribution is -0.120. The molecule has 28 heavy (non-hydrogen) atoms. The second kappa shape index (κ2) is 8.25. The Morgan fingerprint density at radius 3 is 2.39 bits per heavy atom. The molecule has 1 heterocycles. The number of hydrogen-bond donors (Lipinski definition) is 1. The van der Waals surface area contributed by atoms with Gasteiger partial charge in [-0.2, -0.15) is 0 Å². The Morgan fingerprint density at radius 1 is 1.11 bits per heavy atom. The highest BCUT2D eigenvalue weighted by Gasteiger charge is 2.24. The summed E-state index contributed by atoms with van der Waals surface area (Å²) in [4.78, 5) is 25.5. The van der Waals surface area contributed by atoms with Crippen LogP contribution in [0, 0.1) is 6.92 Å². The first kappa shape index (κ1) is 20.2. The van der Waals surface area contributed by atoms with E-state index in [1.165, 1.54) is 7.11 Å². The lowest BCUT2D eigenvalue weighted by Crippen LogP contribution is -2.24. The van der Waals surface area contributed by atoms with E-state index in [0.717, 1.165) is 0 Å². The monoisotopic (exact) mass is 418 g/mol. The molecule has 3 aromatic rings. The van der Waals surface area contributed by atoms with Crippen molar-refractivity contribution in [1.29, 1.82) is 0 Å². The Hall–Kier alpha value is -2.50. The number of likely N-dealkylation sites (N-methyl/N-ethyl adjacent to an activating group) is 1. The third kappa shape index (κ3) is 3.60. The standard InChI is InChI=1S/C21H20Cl2N2O3/c1-4-24-18(26)11-15-12(2)25(21(27)13-5-7-14(22)8-6-13)16-9-10-17(28-3)20(23)19(15)16/h5-10H,4,11H2,1-3H3,(H,24,26). The van der Waals surface area contributed by atoms with Crippen LogP contribution in [0.5, 0.6) is 5.75 Å². The number of nitrogens with one attached hydrogen (secondary N) is 1. The van der Waals surface area contributed by atoms with Gasteiger partial charge >= 0.3 is 0 Å². The van der Waals surface area contributed by atoms with Crippen molar-refractivity contribution in [3.8, 4) is 5.75 Å². The summed E-state index contributed by atoms with van der Waals surface area (Å²) in [7, 11) is 1.53. The molecule has 0 radical (unpaired) electrons. The maximum absolute atomic E-state index is 13.2. The van der Waals surface area contributed by atoms with Crippen LogP contribution >= 0.6 is 23.2 Å². The predicted molar refractivity (Wildman–Crippen MR) is 112 cm³/mol. The number of fused-ring (bicyclic) bond motifs is 1. The summed E-state index contributed by atoms with van der Waals surface area (Å²) >= 11 is 12.5. The number of carbonyl (C=O) groups is 2. The van der Waals surface area contributed by atoms with Crippen molar-refractivity contribution in [2.24, 2.45) is 0 Å². The average Bonchev–Trinajstić information content (AvgIpc) is 2.94. The zero-order valence-electron chi connectivity index (χ0n) is 15.8. The summed E-state index contributed by atoms with van der Waals surface area (Å²) in [6.45, 7) is 4.19. The molecule has 0 unspecified atom stereocenters. The van der Waals surface area contributed by atoms with Crippen LogP contribution in [0.15, 0.2) is 36.4 Å². The fraction of sp³-hybridized carbons (Fsp3) is 0.238. The number of nitrogens with zero attached hydrogens (tertiary/aromatic N) is 1. The van der Waals surface area contributed by atoms with Gasteiger partial charge in [-0.25, -0.2) is 0 Å². The summed E-state index contributed by atoms with van der Waals surface area (Å²) in [6, 6.07) is 10.2. The van der Waals surface area contributed by atoms with Gasteiger partial charge in [0.05, 0.1) is 24.1 Å². The Bertz CT molecular complexity index is 1060. The molecule has 3 rings (SSSR count). The smallest absolute Gasteiger partial charge is 0.262 e. The van der Waals surface area contributed by atoms with E-state index in [4.69, 9.17) is 27.9 Å². The van der Waals surface area contributed by atoms with Crippen molar-refractivity contribution in [3.05, 3.63) is 63.3 Å². The largest absolute Gasteiger partial charge is 0.495 e. The number of aromatic nitrogens is 1. The van der Waals surface area contributed by atoms with Gasteiger partial charge in [-0.05, 0) is 55.8 Å². The molecule has 0 aliphatic rings. The summed E-state index contributed by atoms with van der Waals surface area (Å²) in [5, 5.41) is 4.36. The molecule has 146 valence electrons. The van der Waals surface area contributed by atoms with Crippen molar-refractivity contribution in [3.63, 3.8) is 0 Å². The van der Waals surface area contributed by atoms with E-state index >= 15 is 0 Å². The van der Waals surface area contributed by atoms with Gasteiger partial charge < -0.3 is 10.1 Å². The lowest BCUT2D eigenvalue weighted by atomic mass is 10.1. The first-order valence-corrected chi connectivity index (χ1v) is 9.58. The van der Waals surface area contributed by atoms with E-state index in [9.17, 15) is 9.59 Å². The number of amides is 1. The molecule has 1 amide bonds. The molecular formula is C21H20Cl2N2O3. The Kier molecular flexibility index (Phi) is 5.96. The molecule has 2 aromatic carbocycles. The normalized spacial score (nSPS) is 10.9. The first-order chi connectivity index (χ1) is 13.4. The fourth-order valence-electron chi connectivity index (χ4n) is 3.29. The Labute approximate surface area is 173 Å². The first-order valence-electron chi connectivity index (χ1n) is 8.82. The third-order valence-corrected chi connectivity index (χ3v) is 5.25. The highest BCUT2D eigenvalue weighted by molar-refractivity contribution is 6.37. The Balaban J connectivity index is 2.24. The molecule has 7 heteroatoms. The van der Waals surface area contributed by atoms with Crippen LogP contribution in [-0.4, -0.2) is 30.0 Å². The van der Waals surface area contributed by atoms with Gasteiger partial charge in [0.1, 0.15) is 5.75 Å². The number of benzene rings is 2. The van der Waals surface area contributed by atoms with E-state index in [-0.39, 0.29) is 18.2 Å². The molecule has 0 aliphatic carbocycles. The number of halogens is 2. The van der Waals surface area contributed by atoms with Crippen LogP contribution in [0.4, 0.5) is 0 Å². The topological polar surface area (TPSA) is 60.3 Å². The minimum atomic E-state index is -0.220. The lowest BCUT2D eigenvalue weighted by Gasteiger charge is -2.08. The van der Waals surface area contributed by atoms with Crippen molar-refractivity contribution in [1.82, 2.24) is 9.88 Å². The minimum Gasteiger partial charge on any atom is -0.495 e. The van der Waals surface area contributed by atoms with Gasteiger partial charge in [0.15, 0.2) is 0 Å². The van der Waals surface area contributed by atoms with Gasteiger partial charge in [-0.1, -0.05) is 23.2 Å². The molecule has 0 bridgehead atoms. The van der Waals surface area contributed by atoms with E-state index < -0.39 is 0 Å². The highest BCUT2D eigenvalue weighted by atomic mass is 35.5. The van der Waals surface area contributed by atoms with Crippen LogP contribution in [0.25, 0.3) is 10.9 Å². The van der Waals surface area contributed by atoms with E-state index in [0.29, 0.717) is 50.1 Å². The summed E-state index contributed by atoms with van der Waals surface area (Å²) in [5.41, 5.74) is 2.48. The molecule has 0 aliphatic heterocycles. The van der Waals surface area contributed by atoms with Crippen LogP contribution in [0.1, 0.15) is 28.5 Å². The SMILES string of the molecule is CCNC(=O)Cc1c(C)n(C(=O)c2ccc(Cl)cc2)c2ccc(OC)c(Cl)c12. The molecule has 0 atom stereocenters. The zero-order valence-corrected chi connectivity index (χ0v) is 17.3. The summed E-state index contributed by atoms with van der Waals surface area (Å²) in [5.74, 6) is 0.132. The van der Waals surface area contributed by atoms with Gasteiger partial charge in [0.2, 0.25) is 5.91 Å². The quantitative estimate of drug-likeness (QED) is 0.656. The maximum atomic E-state index is 13.2. The maximum Gasteiger partial charge on any atom is 0.262 e. The number of carbonyl (C=O) groups excluding carboxylic acids is 2. The molecule has 0 spiro atoms. The molecule has 0 saturated carbocycles. The molecule has 1 aromatic heterocycles. The highest BCUT2D eigenvalue weighted by Crippen LogP contribution is 2.38. The van der Waals surface area contributed by atoms with Crippen LogP contribution in [-0.2, 0) is 11.2 Å². The van der Waals surface area contributed by atoms with Gasteiger partial charge in [0.25, 0.3) is 5.91 Å². The number of ether oxygens (including phenoxy) is 1. The second-order valence-corrected chi connectivity index (χ2v) is 7.13. The average molecular weight is 419 g/mol. The predicted octanol–water partition coefficient (Wildman–Crippen LogP) is 4.63. The van der Waals surface area contributed by atoms with Crippen molar-refractivity contribution in [2.75, 3.05) is 13.7 Å². The molecule has 0 saturated heterocycles. The number of hydrogen-bond acceptors (Lipinski definition) is 3. The second-order valence-electron chi connectivity index (χ2n) is 6.32. The zero-order chi connectivity index (χ0) is 20.4. The van der Waals surface area contributed by atoms with Crippen molar-refractivity contribution in [2.45, 2.75) is 20.3 Å². The van der Waals surface area contributed by atoms with Crippen LogP contribution in [0.3, 0.4) is 0 Å². The molecule has 5 nitrogen and oxygen atoms in total. The van der Waals surface area contributed by atoms with E-state index in [2.05, 4.69) is 5.32 Å². The van der Waals surface area contributed by atoms with Gasteiger partial charge in [0, 0.05) is 28.2 Å². The minimum absolute atomic E-state index is 0.115. The molecule has 1 N–H and O–H groups in total. The van der Waals surface area contributed by atoms with Crippen molar-refractivity contribution >= 4 is 45.9 Å².